The van der Waals surface area contributed by atoms with Crippen LogP contribution in [0.1, 0.15) is 15.4 Å². The van der Waals surface area contributed by atoms with Gasteiger partial charge in [0.25, 0.3) is 5.91 Å². The molecule has 0 unspecified atom stereocenters. The van der Waals surface area contributed by atoms with Crippen LogP contribution in [-0.4, -0.2) is 25.1 Å². The number of ether oxygens (including phenoxy) is 2. The summed E-state index contributed by atoms with van der Waals surface area (Å²) in [6.45, 7) is 0.380. The van der Waals surface area contributed by atoms with Gasteiger partial charge in [-0.3, -0.25) is 4.79 Å². The number of thiazole rings is 1. The summed E-state index contributed by atoms with van der Waals surface area (Å²) in [4.78, 5) is 16.9. The van der Waals surface area contributed by atoms with E-state index in [4.69, 9.17) is 9.47 Å². The third-order valence-corrected chi connectivity index (χ3v) is 4.52. The zero-order valence-corrected chi connectivity index (χ0v) is 14.8. The first-order valence-corrected chi connectivity index (χ1v) is 8.59. The second-order valence-corrected chi connectivity index (χ2v) is 6.19. The third kappa shape index (κ3) is 3.97. The summed E-state index contributed by atoms with van der Waals surface area (Å²) in [5.41, 5.74) is 2.50. The van der Waals surface area contributed by atoms with Gasteiger partial charge < -0.3 is 14.8 Å². The van der Waals surface area contributed by atoms with Gasteiger partial charge in [-0.2, -0.15) is 0 Å². The van der Waals surface area contributed by atoms with Crippen LogP contribution < -0.4 is 14.8 Å². The number of benzene rings is 2. The highest BCUT2D eigenvalue weighted by molar-refractivity contribution is 7.09. The summed E-state index contributed by atoms with van der Waals surface area (Å²) in [5.74, 6) is 0.930. The van der Waals surface area contributed by atoms with E-state index in [1.165, 1.54) is 11.3 Å². The molecule has 0 saturated heterocycles. The Morgan fingerprint density at radius 1 is 1.08 bits per heavy atom. The Morgan fingerprint density at radius 3 is 2.56 bits per heavy atom. The fourth-order valence-corrected chi connectivity index (χ4v) is 3.11. The number of rotatable bonds is 6. The lowest BCUT2D eigenvalue weighted by Gasteiger charge is -2.09. The Kier molecular flexibility index (Phi) is 5.30. The maximum Gasteiger partial charge on any atom is 0.251 e. The summed E-state index contributed by atoms with van der Waals surface area (Å²) >= 11 is 1.52. The molecule has 3 aromatic rings. The number of methoxy groups -OCH3 is 2. The highest BCUT2D eigenvalue weighted by Gasteiger charge is 2.11. The van der Waals surface area contributed by atoms with Gasteiger partial charge in [0, 0.05) is 16.5 Å². The molecule has 128 valence electrons. The minimum Gasteiger partial charge on any atom is -0.493 e. The number of nitrogens with zero attached hydrogens (tertiary/aromatic N) is 1. The van der Waals surface area contributed by atoms with Gasteiger partial charge in [-0.05, 0) is 18.2 Å². The van der Waals surface area contributed by atoms with Crippen LogP contribution in [0.2, 0.25) is 0 Å². The molecule has 0 aliphatic heterocycles. The largest absolute Gasteiger partial charge is 0.493 e. The average molecular weight is 354 g/mol. The quantitative estimate of drug-likeness (QED) is 0.732. The number of carbonyl (C=O) groups excluding carboxylic acids is 1. The number of carbonyl (C=O) groups is 1. The van der Waals surface area contributed by atoms with Crippen LogP contribution in [0.15, 0.2) is 53.9 Å². The summed E-state index contributed by atoms with van der Waals surface area (Å²) in [6, 6.07) is 15.0. The molecule has 1 heterocycles. The molecule has 1 amide bonds. The average Bonchev–Trinajstić information content (AvgIpc) is 3.15. The first-order chi connectivity index (χ1) is 12.2. The van der Waals surface area contributed by atoms with Gasteiger partial charge in [-0.15, -0.1) is 11.3 Å². The molecule has 0 saturated carbocycles. The fraction of sp³-hybridized carbons (Fsp3) is 0.158. The molecule has 0 aliphatic rings. The van der Waals surface area contributed by atoms with E-state index in [1.807, 2.05) is 35.7 Å². The first-order valence-electron chi connectivity index (χ1n) is 7.71. The zero-order valence-electron chi connectivity index (χ0n) is 14.0. The van der Waals surface area contributed by atoms with Crippen molar-refractivity contribution in [1.82, 2.24) is 10.3 Å². The number of aromatic nitrogens is 1. The van der Waals surface area contributed by atoms with Gasteiger partial charge in [-0.25, -0.2) is 4.98 Å². The van der Waals surface area contributed by atoms with Crippen LogP contribution in [-0.2, 0) is 6.54 Å². The molecule has 1 N–H and O–H groups in total. The molecular weight excluding hydrogens is 336 g/mol. The smallest absolute Gasteiger partial charge is 0.251 e. The number of nitrogens with one attached hydrogen (secondary N) is 1. The summed E-state index contributed by atoms with van der Waals surface area (Å²) in [6.07, 6.45) is 0. The van der Waals surface area contributed by atoms with Gasteiger partial charge in [-0.1, -0.05) is 30.3 Å². The Morgan fingerprint density at radius 2 is 1.84 bits per heavy atom. The SMILES string of the molecule is COc1ccc(C(=O)NCc2nc(-c3ccccc3)cs2)cc1OC. The van der Waals surface area contributed by atoms with Crippen molar-refractivity contribution in [3.63, 3.8) is 0 Å². The third-order valence-electron chi connectivity index (χ3n) is 3.67. The van der Waals surface area contributed by atoms with Crippen LogP contribution in [0.5, 0.6) is 11.5 Å². The van der Waals surface area contributed by atoms with Crippen molar-refractivity contribution in [3.05, 3.63) is 64.5 Å². The van der Waals surface area contributed by atoms with Gasteiger partial charge in [0.05, 0.1) is 26.5 Å². The normalized spacial score (nSPS) is 10.3. The predicted octanol–water partition coefficient (Wildman–Crippen LogP) is 3.76. The van der Waals surface area contributed by atoms with E-state index in [-0.39, 0.29) is 5.91 Å². The molecule has 1 aromatic heterocycles. The fourth-order valence-electron chi connectivity index (χ4n) is 2.37. The Hall–Kier alpha value is -2.86. The standard InChI is InChI=1S/C19H18N2O3S/c1-23-16-9-8-14(10-17(16)24-2)19(22)20-11-18-21-15(12-25-18)13-6-4-3-5-7-13/h3-10,12H,11H2,1-2H3,(H,20,22). The number of hydrogen-bond acceptors (Lipinski definition) is 5. The van der Waals surface area contributed by atoms with E-state index in [9.17, 15) is 4.79 Å². The van der Waals surface area contributed by atoms with Gasteiger partial charge in [0.1, 0.15) is 5.01 Å². The monoisotopic (exact) mass is 354 g/mol. The lowest BCUT2D eigenvalue weighted by Crippen LogP contribution is -2.22. The van der Waals surface area contributed by atoms with Crippen molar-refractivity contribution in [2.45, 2.75) is 6.54 Å². The van der Waals surface area contributed by atoms with Gasteiger partial charge in [0.15, 0.2) is 11.5 Å². The minimum atomic E-state index is -0.183. The van der Waals surface area contributed by atoms with E-state index in [0.717, 1.165) is 16.3 Å². The lowest BCUT2D eigenvalue weighted by molar-refractivity contribution is 0.0950. The van der Waals surface area contributed by atoms with Crippen LogP contribution in [0, 0.1) is 0 Å². The van der Waals surface area contributed by atoms with Crippen LogP contribution in [0.4, 0.5) is 0 Å². The Bertz CT molecular complexity index is 862. The second kappa shape index (κ2) is 7.81. The van der Waals surface area contributed by atoms with Crippen LogP contribution in [0.3, 0.4) is 0 Å². The number of hydrogen-bond donors (Lipinski definition) is 1. The number of amides is 1. The topological polar surface area (TPSA) is 60.5 Å². The van der Waals surface area contributed by atoms with E-state index in [2.05, 4.69) is 10.3 Å². The molecule has 6 heteroatoms. The highest BCUT2D eigenvalue weighted by Crippen LogP contribution is 2.27. The Balaban J connectivity index is 1.66. The molecule has 2 aromatic carbocycles. The molecule has 0 radical (unpaired) electrons. The van der Waals surface area contributed by atoms with E-state index in [1.54, 1.807) is 32.4 Å². The molecule has 0 fully saturated rings. The zero-order chi connectivity index (χ0) is 17.6. The summed E-state index contributed by atoms with van der Waals surface area (Å²) in [7, 11) is 3.10. The summed E-state index contributed by atoms with van der Waals surface area (Å²) < 4.78 is 10.4. The second-order valence-electron chi connectivity index (χ2n) is 5.24. The van der Waals surface area contributed by atoms with E-state index in [0.29, 0.717) is 23.6 Å². The molecule has 3 rings (SSSR count). The molecular formula is C19H18N2O3S. The lowest BCUT2D eigenvalue weighted by atomic mass is 10.2. The molecule has 25 heavy (non-hydrogen) atoms. The van der Waals surface area contributed by atoms with Crippen molar-refractivity contribution >= 4 is 17.2 Å². The molecule has 5 nitrogen and oxygen atoms in total. The molecule has 0 atom stereocenters. The van der Waals surface area contributed by atoms with Crippen molar-refractivity contribution in [2.24, 2.45) is 0 Å². The van der Waals surface area contributed by atoms with Crippen molar-refractivity contribution in [1.29, 1.82) is 0 Å². The highest BCUT2D eigenvalue weighted by atomic mass is 32.1. The molecule has 0 bridgehead atoms. The van der Waals surface area contributed by atoms with Gasteiger partial charge in [0.2, 0.25) is 0 Å². The van der Waals surface area contributed by atoms with E-state index < -0.39 is 0 Å². The molecule has 0 aliphatic carbocycles. The van der Waals surface area contributed by atoms with Crippen molar-refractivity contribution < 1.29 is 14.3 Å². The first kappa shape index (κ1) is 17.0. The van der Waals surface area contributed by atoms with E-state index >= 15 is 0 Å². The molecule has 0 spiro atoms. The maximum atomic E-state index is 12.3. The maximum absolute atomic E-state index is 12.3. The van der Waals surface area contributed by atoms with Crippen LogP contribution in [0.25, 0.3) is 11.3 Å². The predicted molar refractivity (Wildman–Crippen MR) is 98.3 cm³/mol. The van der Waals surface area contributed by atoms with Crippen molar-refractivity contribution in [3.8, 4) is 22.8 Å². The summed E-state index contributed by atoms with van der Waals surface area (Å²) in [5, 5.41) is 5.73. The Labute approximate surface area is 150 Å². The van der Waals surface area contributed by atoms with Crippen molar-refractivity contribution in [2.75, 3.05) is 14.2 Å². The van der Waals surface area contributed by atoms with Gasteiger partial charge >= 0.3 is 0 Å². The van der Waals surface area contributed by atoms with Crippen LogP contribution >= 0.6 is 11.3 Å². The minimum absolute atomic E-state index is 0.183.